The Morgan fingerprint density at radius 3 is 3.15 bits per heavy atom. The molecule has 1 saturated heterocycles. The van der Waals surface area contributed by atoms with E-state index in [2.05, 4.69) is 21.3 Å². The molecule has 0 unspecified atom stereocenters. The Hall–Kier alpha value is -0.830. The summed E-state index contributed by atoms with van der Waals surface area (Å²) >= 11 is 0. The molecule has 1 fully saturated rings. The number of hydrogen-bond donors (Lipinski definition) is 1. The summed E-state index contributed by atoms with van der Waals surface area (Å²) in [4.78, 5) is 6.74. The van der Waals surface area contributed by atoms with Crippen molar-refractivity contribution >= 4 is 6.21 Å². The zero-order valence-electron chi connectivity index (χ0n) is 8.00. The van der Waals surface area contributed by atoms with Crippen LogP contribution in [0, 0.1) is 0 Å². The maximum atomic E-state index is 4.31. The van der Waals surface area contributed by atoms with E-state index in [9.17, 15) is 0 Å². The lowest BCUT2D eigenvalue weighted by atomic mass is 10.2. The normalized spacial score (nSPS) is 24.0. The number of hydrogen-bond acceptors (Lipinski definition) is 3. The van der Waals surface area contributed by atoms with Crippen molar-refractivity contribution in [1.82, 2.24) is 10.2 Å². The second-order valence-electron chi connectivity index (χ2n) is 3.54. The molecule has 0 atom stereocenters. The van der Waals surface area contributed by atoms with Crippen molar-refractivity contribution < 1.29 is 0 Å². The molecular weight excluding hydrogens is 162 g/mol. The minimum atomic E-state index is 0.968. The average Bonchev–Trinajstić information content (AvgIpc) is 2.47. The number of allylic oxidation sites excluding steroid dienone is 1. The quantitative estimate of drug-likeness (QED) is 0.639. The number of nitrogens with zero attached hydrogens (tertiary/aromatic N) is 2. The molecule has 72 valence electrons. The highest BCUT2D eigenvalue weighted by molar-refractivity contribution is 5.78. The molecule has 13 heavy (non-hydrogen) atoms. The van der Waals surface area contributed by atoms with Gasteiger partial charge < -0.3 is 10.2 Å². The van der Waals surface area contributed by atoms with E-state index in [0.29, 0.717) is 0 Å². The van der Waals surface area contributed by atoms with Crippen LogP contribution in [0.4, 0.5) is 0 Å². The van der Waals surface area contributed by atoms with Gasteiger partial charge in [-0.15, -0.1) is 0 Å². The molecule has 0 saturated carbocycles. The van der Waals surface area contributed by atoms with Gasteiger partial charge in [-0.25, -0.2) is 0 Å². The van der Waals surface area contributed by atoms with Crippen LogP contribution in [0.3, 0.4) is 0 Å². The highest BCUT2D eigenvalue weighted by atomic mass is 15.2. The van der Waals surface area contributed by atoms with Gasteiger partial charge in [0.25, 0.3) is 0 Å². The molecule has 2 aliphatic heterocycles. The van der Waals surface area contributed by atoms with Crippen LogP contribution >= 0.6 is 0 Å². The van der Waals surface area contributed by atoms with Gasteiger partial charge in [0.05, 0.1) is 5.70 Å². The Labute approximate surface area is 79.5 Å². The van der Waals surface area contributed by atoms with Crippen molar-refractivity contribution in [1.29, 1.82) is 0 Å². The molecular formula is C10H17N3. The Bertz CT molecular complexity index is 212. The third kappa shape index (κ3) is 2.31. The standard InChI is InChI=1S/C10H17N3/c1-3-10(9-12-4-1)13-7-2-5-11-6-8-13/h3,9,11H,1-2,4-8H2. The summed E-state index contributed by atoms with van der Waals surface area (Å²) in [6.45, 7) is 5.52. The molecule has 1 N–H and O–H groups in total. The molecule has 0 aliphatic carbocycles. The summed E-state index contributed by atoms with van der Waals surface area (Å²) in [6.07, 6.45) is 6.67. The van der Waals surface area contributed by atoms with Gasteiger partial charge in [-0.05, 0) is 19.4 Å². The molecule has 2 heterocycles. The Balaban J connectivity index is 1.97. The van der Waals surface area contributed by atoms with Crippen LogP contribution in [0.25, 0.3) is 0 Å². The second-order valence-corrected chi connectivity index (χ2v) is 3.54. The SMILES string of the molecule is C1=NCCC=C1N1CCCNCC1. The summed E-state index contributed by atoms with van der Waals surface area (Å²) < 4.78 is 0. The van der Waals surface area contributed by atoms with Gasteiger partial charge in [0.2, 0.25) is 0 Å². The van der Waals surface area contributed by atoms with Gasteiger partial charge in [-0.3, -0.25) is 4.99 Å². The highest BCUT2D eigenvalue weighted by Gasteiger charge is 2.11. The van der Waals surface area contributed by atoms with E-state index in [1.807, 2.05) is 6.21 Å². The average molecular weight is 179 g/mol. The summed E-state index contributed by atoms with van der Waals surface area (Å²) in [5, 5.41) is 3.40. The van der Waals surface area contributed by atoms with E-state index >= 15 is 0 Å². The summed E-state index contributed by atoms with van der Waals surface area (Å²) in [6, 6.07) is 0. The van der Waals surface area contributed by atoms with E-state index in [4.69, 9.17) is 0 Å². The van der Waals surface area contributed by atoms with Crippen LogP contribution in [0.1, 0.15) is 12.8 Å². The molecule has 0 aromatic carbocycles. The Kier molecular flexibility index (Phi) is 2.98. The first-order valence-electron chi connectivity index (χ1n) is 5.12. The fourth-order valence-electron chi connectivity index (χ4n) is 1.81. The molecule has 0 aromatic rings. The zero-order valence-corrected chi connectivity index (χ0v) is 8.00. The first kappa shape index (κ1) is 8.75. The predicted molar refractivity (Wildman–Crippen MR) is 55.1 cm³/mol. The maximum Gasteiger partial charge on any atom is 0.0508 e. The smallest absolute Gasteiger partial charge is 0.0508 e. The van der Waals surface area contributed by atoms with Gasteiger partial charge in [0, 0.05) is 32.4 Å². The van der Waals surface area contributed by atoms with Crippen LogP contribution in [-0.4, -0.2) is 43.8 Å². The lowest BCUT2D eigenvalue weighted by Gasteiger charge is -2.24. The molecule has 2 aliphatic rings. The summed E-state index contributed by atoms with van der Waals surface area (Å²) in [5.74, 6) is 0. The van der Waals surface area contributed by atoms with E-state index in [1.54, 1.807) is 0 Å². The van der Waals surface area contributed by atoms with Crippen LogP contribution in [0.15, 0.2) is 16.8 Å². The fraction of sp³-hybridized carbons (Fsp3) is 0.700. The molecule has 0 spiro atoms. The topological polar surface area (TPSA) is 27.6 Å². The first-order chi connectivity index (χ1) is 6.47. The molecule has 0 radical (unpaired) electrons. The van der Waals surface area contributed by atoms with Crippen molar-refractivity contribution in [2.45, 2.75) is 12.8 Å². The van der Waals surface area contributed by atoms with Crippen molar-refractivity contribution in [3.8, 4) is 0 Å². The molecule has 0 amide bonds. The molecule has 2 rings (SSSR count). The minimum absolute atomic E-state index is 0.968. The molecule has 0 bridgehead atoms. The van der Waals surface area contributed by atoms with E-state index in [-0.39, 0.29) is 0 Å². The number of dihydropyridines is 1. The molecule has 3 heteroatoms. The first-order valence-corrected chi connectivity index (χ1v) is 5.12. The van der Waals surface area contributed by atoms with Crippen LogP contribution in [0.2, 0.25) is 0 Å². The lowest BCUT2D eigenvalue weighted by Crippen LogP contribution is -2.28. The Morgan fingerprint density at radius 1 is 1.31 bits per heavy atom. The van der Waals surface area contributed by atoms with Crippen LogP contribution in [-0.2, 0) is 0 Å². The van der Waals surface area contributed by atoms with Crippen molar-refractivity contribution in [2.75, 3.05) is 32.7 Å². The van der Waals surface area contributed by atoms with Gasteiger partial charge in [-0.1, -0.05) is 6.08 Å². The molecule has 0 aromatic heterocycles. The third-order valence-electron chi connectivity index (χ3n) is 2.54. The maximum absolute atomic E-state index is 4.31. The fourth-order valence-corrected chi connectivity index (χ4v) is 1.81. The zero-order chi connectivity index (χ0) is 8.93. The van der Waals surface area contributed by atoms with Crippen LogP contribution < -0.4 is 5.32 Å². The number of aliphatic imine (C=N–C) groups is 1. The predicted octanol–water partition coefficient (Wildman–Crippen LogP) is 0.640. The third-order valence-corrected chi connectivity index (χ3v) is 2.54. The van der Waals surface area contributed by atoms with Gasteiger partial charge in [0.15, 0.2) is 0 Å². The summed E-state index contributed by atoms with van der Waals surface area (Å²) in [5.41, 5.74) is 1.33. The monoisotopic (exact) mass is 179 g/mol. The van der Waals surface area contributed by atoms with E-state index in [0.717, 1.165) is 32.6 Å². The molecule has 3 nitrogen and oxygen atoms in total. The Morgan fingerprint density at radius 2 is 2.31 bits per heavy atom. The van der Waals surface area contributed by atoms with Crippen LogP contribution in [0.5, 0.6) is 0 Å². The number of rotatable bonds is 1. The van der Waals surface area contributed by atoms with E-state index < -0.39 is 0 Å². The van der Waals surface area contributed by atoms with Gasteiger partial charge in [-0.2, -0.15) is 0 Å². The largest absolute Gasteiger partial charge is 0.369 e. The van der Waals surface area contributed by atoms with Crippen molar-refractivity contribution in [3.63, 3.8) is 0 Å². The van der Waals surface area contributed by atoms with Gasteiger partial charge >= 0.3 is 0 Å². The van der Waals surface area contributed by atoms with Gasteiger partial charge in [0.1, 0.15) is 0 Å². The number of nitrogens with one attached hydrogen (secondary N) is 1. The second kappa shape index (κ2) is 4.42. The van der Waals surface area contributed by atoms with E-state index in [1.165, 1.54) is 18.7 Å². The minimum Gasteiger partial charge on any atom is -0.369 e. The lowest BCUT2D eigenvalue weighted by molar-refractivity contribution is 0.384. The summed E-state index contributed by atoms with van der Waals surface area (Å²) in [7, 11) is 0. The highest BCUT2D eigenvalue weighted by Crippen LogP contribution is 2.08. The van der Waals surface area contributed by atoms with Crippen molar-refractivity contribution in [2.24, 2.45) is 4.99 Å². The van der Waals surface area contributed by atoms with Crippen molar-refractivity contribution in [3.05, 3.63) is 11.8 Å².